The maximum absolute atomic E-state index is 5.72. The Kier molecular flexibility index (Phi) is 2.38. The lowest BCUT2D eigenvalue weighted by molar-refractivity contribution is 0.209. The molecule has 2 rings (SSSR count). The van der Waals surface area contributed by atoms with Crippen LogP contribution in [0.1, 0.15) is 45.4 Å². The van der Waals surface area contributed by atoms with Crippen molar-refractivity contribution in [3.63, 3.8) is 0 Å². The van der Waals surface area contributed by atoms with Crippen molar-refractivity contribution in [1.29, 1.82) is 0 Å². The predicted octanol–water partition coefficient (Wildman–Crippen LogP) is 3.26. The van der Waals surface area contributed by atoms with Crippen LogP contribution < -0.4 is 0 Å². The molecule has 0 bridgehead atoms. The predicted molar refractivity (Wildman–Crippen MR) is 49.8 cm³/mol. The van der Waals surface area contributed by atoms with E-state index in [0.29, 0.717) is 0 Å². The van der Waals surface area contributed by atoms with Gasteiger partial charge in [-0.1, -0.05) is 19.8 Å². The van der Waals surface area contributed by atoms with E-state index in [1.54, 1.807) is 5.57 Å². The van der Waals surface area contributed by atoms with Gasteiger partial charge in [0.15, 0.2) is 0 Å². The lowest BCUT2D eigenvalue weighted by atomic mass is 10.0. The summed E-state index contributed by atoms with van der Waals surface area (Å²) in [5, 5.41) is 0. The third-order valence-corrected chi connectivity index (χ3v) is 2.91. The molecule has 0 N–H and O–H groups in total. The molecule has 0 radical (unpaired) electrons. The molecule has 1 fully saturated rings. The van der Waals surface area contributed by atoms with Crippen LogP contribution in [0.5, 0.6) is 0 Å². The zero-order valence-corrected chi connectivity index (χ0v) is 7.94. The van der Waals surface area contributed by atoms with Crippen molar-refractivity contribution in [2.24, 2.45) is 5.92 Å². The van der Waals surface area contributed by atoms with E-state index < -0.39 is 0 Å². The van der Waals surface area contributed by atoms with Crippen LogP contribution in [-0.2, 0) is 4.74 Å². The second kappa shape index (κ2) is 3.51. The van der Waals surface area contributed by atoms with Crippen molar-refractivity contribution < 1.29 is 4.74 Å². The number of fused-ring (bicyclic) bond motifs is 1. The van der Waals surface area contributed by atoms with Crippen LogP contribution in [-0.4, -0.2) is 6.61 Å². The average molecular weight is 166 g/mol. The van der Waals surface area contributed by atoms with Gasteiger partial charge in [0, 0.05) is 5.92 Å². The molecule has 0 aliphatic heterocycles. The SMILES string of the molecule is CCCCOC1=C2CCCCC21. The lowest BCUT2D eigenvalue weighted by Gasteiger charge is -2.06. The van der Waals surface area contributed by atoms with Gasteiger partial charge in [-0.2, -0.15) is 0 Å². The molecule has 1 atom stereocenters. The molecule has 0 heterocycles. The zero-order valence-electron chi connectivity index (χ0n) is 7.94. The summed E-state index contributed by atoms with van der Waals surface area (Å²) in [6.07, 6.45) is 7.96. The Bertz CT molecular complexity index is 193. The summed E-state index contributed by atoms with van der Waals surface area (Å²) < 4.78 is 5.72. The topological polar surface area (TPSA) is 9.23 Å². The second-order valence-corrected chi connectivity index (χ2v) is 3.89. The number of rotatable bonds is 4. The van der Waals surface area contributed by atoms with E-state index in [4.69, 9.17) is 4.74 Å². The number of hydrogen-bond acceptors (Lipinski definition) is 1. The summed E-state index contributed by atoms with van der Waals surface area (Å²) in [5.74, 6) is 2.18. The molecule has 68 valence electrons. The quantitative estimate of drug-likeness (QED) is 0.582. The van der Waals surface area contributed by atoms with Crippen LogP contribution in [0, 0.1) is 5.92 Å². The molecular formula is C11H18O. The fraction of sp³-hybridized carbons (Fsp3) is 0.818. The smallest absolute Gasteiger partial charge is 0.103 e. The fourth-order valence-corrected chi connectivity index (χ4v) is 2.08. The summed E-state index contributed by atoms with van der Waals surface area (Å²) in [6.45, 7) is 3.16. The normalized spacial score (nSPS) is 26.9. The van der Waals surface area contributed by atoms with Crippen LogP contribution in [0.15, 0.2) is 11.3 Å². The van der Waals surface area contributed by atoms with E-state index >= 15 is 0 Å². The van der Waals surface area contributed by atoms with Gasteiger partial charge in [0.2, 0.25) is 0 Å². The van der Waals surface area contributed by atoms with Gasteiger partial charge in [-0.05, 0) is 31.3 Å². The zero-order chi connectivity index (χ0) is 8.39. The second-order valence-electron chi connectivity index (χ2n) is 3.89. The summed E-state index contributed by atoms with van der Waals surface area (Å²) >= 11 is 0. The first kappa shape index (κ1) is 8.15. The molecule has 0 saturated heterocycles. The number of unbranched alkanes of at least 4 members (excludes halogenated alkanes) is 1. The third-order valence-electron chi connectivity index (χ3n) is 2.91. The molecule has 2 aliphatic rings. The van der Waals surface area contributed by atoms with Crippen LogP contribution in [0.4, 0.5) is 0 Å². The van der Waals surface area contributed by atoms with E-state index in [0.717, 1.165) is 12.5 Å². The first-order valence-corrected chi connectivity index (χ1v) is 5.29. The van der Waals surface area contributed by atoms with E-state index in [9.17, 15) is 0 Å². The Balaban J connectivity index is 1.72. The van der Waals surface area contributed by atoms with Crippen molar-refractivity contribution in [3.8, 4) is 0 Å². The minimum atomic E-state index is 0.801. The molecule has 0 aromatic carbocycles. The van der Waals surface area contributed by atoms with Crippen LogP contribution in [0.3, 0.4) is 0 Å². The van der Waals surface area contributed by atoms with Crippen LogP contribution in [0.25, 0.3) is 0 Å². The minimum absolute atomic E-state index is 0.801. The van der Waals surface area contributed by atoms with Gasteiger partial charge >= 0.3 is 0 Å². The fourth-order valence-electron chi connectivity index (χ4n) is 2.08. The van der Waals surface area contributed by atoms with Gasteiger partial charge in [0.25, 0.3) is 0 Å². The highest BCUT2D eigenvalue weighted by Gasteiger charge is 2.39. The Hall–Kier alpha value is -0.460. The summed E-state index contributed by atoms with van der Waals surface area (Å²) in [7, 11) is 0. The third kappa shape index (κ3) is 1.50. The molecule has 12 heavy (non-hydrogen) atoms. The van der Waals surface area contributed by atoms with Crippen molar-refractivity contribution in [3.05, 3.63) is 11.3 Å². The Morgan fingerprint density at radius 1 is 1.42 bits per heavy atom. The van der Waals surface area contributed by atoms with Crippen molar-refractivity contribution in [1.82, 2.24) is 0 Å². The Labute approximate surface area is 74.8 Å². The van der Waals surface area contributed by atoms with Gasteiger partial charge in [-0.3, -0.25) is 0 Å². The summed E-state index contributed by atoms with van der Waals surface area (Å²) in [5.41, 5.74) is 1.65. The number of hydrogen-bond donors (Lipinski definition) is 0. The van der Waals surface area contributed by atoms with Crippen LogP contribution >= 0.6 is 0 Å². The summed E-state index contributed by atoms with van der Waals surface area (Å²) in [6, 6.07) is 0. The lowest BCUT2D eigenvalue weighted by Crippen LogP contribution is -1.94. The Morgan fingerprint density at radius 2 is 2.33 bits per heavy atom. The monoisotopic (exact) mass is 166 g/mol. The molecule has 0 spiro atoms. The molecule has 0 aromatic rings. The minimum Gasteiger partial charge on any atom is -0.497 e. The van der Waals surface area contributed by atoms with Crippen molar-refractivity contribution >= 4 is 0 Å². The van der Waals surface area contributed by atoms with Gasteiger partial charge in [-0.15, -0.1) is 0 Å². The molecule has 1 unspecified atom stereocenters. The first-order valence-electron chi connectivity index (χ1n) is 5.29. The van der Waals surface area contributed by atoms with E-state index in [1.807, 2.05) is 0 Å². The molecule has 0 amide bonds. The standard InChI is InChI=1S/C11H18O/c1-2-3-8-12-11-9-6-4-5-7-10(9)11/h9H,2-8H2,1H3. The maximum Gasteiger partial charge on any atom is 0.103 e. The number of allylic oxidation sites excluding steroid dienone is 2. The van der Waals surface area contributed by atoms with Gasteiger partial charge < -0.3 is 4.74 Å². The van der Waals surface area contributed by atoms with Crippen LogP contribution in [0.2, 0.25) is 0 Å². The largest absolute Gasteiger partial charge is 0.497 e. The first-order chi connectivity index (χ1) is 5.93. The molecular weight excluding hydrogens is 148 g/mol. The Morgan fingerprint density at radius 3 is 3.00 bits per heavy atom. The van der Waals surface area contributed by atoms with Gasteiger partial charge in [-0.25, -0.2) is 0 Å². The summed E-state index contributed by atoms with van der Waals surface area (Å²) in [4.78, 5) is 0. The number of ether oxygens (including phenoxy) is 1. The molecule has 0 aromatic heterocycles. The highest BCUT2D eigenvalue weighted by molar-refractivity contribution is 5.37. The molecule has 1 heteroatoms. The van der Waals surface area contributed by atoms with Crippen molar-refractivity contribution in [2.75, 3.05) is 6.61 Å². The highest BCUT2D eigenvalue weighted by atomic mass is 16.5. The van der Waals surface area contributed by atoms with Gasteiger partial charge in [0.1, 0.15) is 5.76 Å². The molecule has 1 nitrogen and oxygen atoms in total. The van der Waals surface area contributed by atoms with Gasteiger partial charge in [0.05, 0.1) is 6.61 Å². The molecule has 1 saturated carbocycles. The average Bonchev–Trinajstić information content (AvgIpc) is 2.80. The van der Waals surface area contributed by atoms with E-state index in [-0.39, 0.29) is 0 Å². The molecule has 2 aliphatic carbocycles. The van der Waals surface area contributed by atoms with Crippen molar-refractivity contribution in [2.45, 2.75) is 45.4 Å². The van der Waals surface area contributed by atoms with E-state index in [2.05, 4.69) is 6.92 Å². The van der Waals surface area contributed by atoms with E-state index in [1.165, 1.54) is 44.3 Å². The maximum atomic E-state index is 5.72. The highest BCUT2D eigenvalue weighted by Crippen LogP contribution is 2.49.